The number of ether oxygens (including phenoxy) is 3. The maximum Gasteiger partial charge on any atom is 0.410 e. The Morgan fingerprint density at radius 3 is 2.27 bits per heavy atom. The molecule has 1 aromatic carbocycles. The Bertz CT molecular complexity index is 1560. The Hall–Kier alpha value is -3.81. The molecule has 0 aliphatic carbocycles. The molecule has 0 bridgehead atoms. The number of pyridine rings is 1. The molecule has 0 saturated carbocycles. The van der Waals surface area contributed by atoms with Crippen LogP contribution >= 0.6 is 0 Å². The highest BCUT2D eigenvalue weighted by atomic mass is 19.1. The van der Waals surface area contributed by atoms with Crippen LogP contribution in [0, 0.1) is 11.7 Å². The lowest BCUT2D eigenvalue weighted by Gasteiger charge is -2.49. The minimum absolute atomic E-state index is 0.118. The van der Waals surface area contributed by atoms with Crippen molar-refractivity contribution in [3.63, 3.8) is 0 Å². The van der Waals surface area contributed by atoms with Crippen LogP contribution in [0.5, 0.6) is 5.88 Å². The average molecular weight is 711 g/mol. The highest BCUT2D eigenvalue weighted by molar-refractivity contribution is 5.98. The van der Waals surface area contributed by atoms with Gasteiger partial charge in [-0.05, 0) is 72.2 Å². The van der Waals surface area contributed by atoms with Crippen LogP contribution < -0.4 is 15.0 Å². The maximum atomic E-state index is 14.5. The minimum Gasteiger partial charge on any atom is -0.474 e. The highest BCUT2D eigenvalue weighted by Gasteiger charge is 2.41. The zero-order valence-electron chi connectivity index (χ0n) is 31.6. The molecule has 13 heteroatoms. The molecule has 1 N–H and O–H groups in total. The van der Waals surface area contributed by atoms with E-state index in [4.69, 9.17) is 19.2 Å². The minimum atomic E-state index is -0.631. The van der Waals surface area contributed by atoms with E-state index in [0.717, 1.165) is 5.56 Å². The van der Waals surface area contributed by atoms with Crippen LogP contribution in [0.1, 0.15) is 73.4 Å². The number of carbonyl (C=O) groups excluding carboxylic acids is 3. The quantitative estimate of drug-likeness (QED) is 0.407. The van der Waals surface area contributed by atoms with Crippen LogP contribution in [0.4, 0.5) is 20.7 Å². The van der Waals surface area contributed by atoms with Crippen LogP contribution in [0.25, 0.3) is 0 Å². The van der Waals surface area contributed by atoms with Gasteiger partial charge in [0.15, 0.2) is 0 Å². The van der Waals surface area contributed by atoms with E-state index in [-0.39, 0.29) is 78.9 Å². The largest absolute Gasteiger partial charge is 0.474 e. The predicted molar refractivity (Wildman–Crippen MR) is 194 cm³/mol. The summed E-state index contributed by atoms with van der Waals surface area (Å²) in [6, 6.07) is 7.78. The summed E-state index contributed by atoms with van der Waals surface area (Å²) in [5.74, 6) is -0.332. The van der Waals surface area contributed by atoms with Gasteiger partial charge in [0.1, 0.15) is 29.5 Å². The van der Waals surface area contributed by atoms with Gasteiger partial charge in [-0.2, -0.15) is 4.98 Å². The second-order valence-corrected chi connectivity index (χ2v) is 15.7. The number of halogens is 1. The Balaban J connectivity index is 1.45. The molecule has 0 unspecified atom stereocenters. The summed E-state index contributed by atoms with van der Waals surface area (Å²) in [5.41, 5.74) is 1.39. The number of rotatable bonds is 8. The molecule has 12 nitrogen and oxygen atoms in total. The van der Waals surface area contributed by atoms with E-state index >= 15 is 0 Å². The number of fused-ring (bicyclic) bond motifs is 1. The number of anilines is 2. The number of carbonyl (C=O) groups is 3. The number of nitrogens with one attached hydrogen (secondary N) is 1. The van der Waals surface area contributed by atoms with E-state index in [1.165, 1.54) is 12.1 Å². The lowest BCUT2D eigenvalue weighted by molar-refractivity contribution is -0.123. The van der Waals surface area contributed by atoms with Crippen LogP contribution in [0.2, 0.25) is 0 Å². The predicted octanol–water partition coefficient (Wildman–Crippen LogP) is 4.94. The number of piperazine rings is 1. The number of hydrogen-bond donors (Lipinski definition) is 1. The van der Waals surface area contributed by atoms with E-state index in [1.54, 1.807) is 35.8 Å². The molecule has 2 aromatic rings. The Labute approximate surface area is 301 Å². The second-order valence-electron chi connectivity index (χ2n) is 15.7. The number of amides is 3. The standard InChI is InChI=1S/C38H55FN6O6/c1-23(2)35(47)40-34-29(14-28-10-12-30(39)13-11-28)15-32-36(41-34)50-22-27(6)45(32)33(46)19-42-16-24(3)44(37(48)51-38(7,8)9)18-31(42)17-43-25(4)20-49-21-26(43)5/h10-13,15,23-27,31H,14,16-22H2,1-9H3,(H,40,41,47)/t24-,25-,26-,27+,31+/m1/s1. The first-order valence-electron chi connectivity index (χ1n) is 18.1. The van der Waals surface area contributed by atoms with E-state index in [2.05, 4.69) is 29.0 Å². The molecule has 51 heavy (non-hydrogen) atoms. The molecule has 3 aliphatic rings. The van der Waals surface area contributed by atoms with Gasteiger partial charge < -0.3 is 29.3 Å². The molecule has 2 saturated heterocycles. The zero-order valence-corrected chi connectivity index (χ0v) is 31.6. The van der Waals surface area contributed by atoms with Gasteiger partial charge in [0.25, 0.3) is 0 Å². The van der Waals surface area contributed by atoms with Crippen molar-refractivity contribution >= 4 is 29.4 Å². The molecular weight excluding hydrogens is 655 g/mol. The van der Waals surface area contributed by atoms with Gasteiger partial charge in [-0.25, -0.2) is 9.18 Å². The maximum absolute atomic E-state index is 14.5. The van der Waals surface area contributed by atoms with Gasteiger partial charge in [0.2, 0.25) is 17.7 Å². The first kappa shape index (κ1) is 38.4. The van der Waals surface area contributed by atoms with Gasteiger partial charge >= 0.3 is 6.09 Å². The van der Waals surface area contributed by atoms with Crippen molar-refractivity contribution in [2.24, 2.45) is 5.92 Å². The van der Waals surface area contributed by atoms with E-state index in [9.17, 15) is 18.8 Å². The topological polar surface area (TPSA) is 117 Å². The van der Waals surface area contributed by atoms with Crippen molar-refractivity contribution in [1.29, 1.82) is 0 Å². The normalized spacial score (nSPS) is 24.6. The number of morpholine rings is 1. The van der Waals surface area contributed by atoms with Crippen LogP contribution in [-0.4, -0.2) is 119 Å². The van der Waals surface area contributed by atoms with Crippen LogP contribution in [0.3, 0.4) is 0 Å². The summed E-state index contributed by atoms with van der Waals surface area (Å²) in [5, 5.41) is 2.92. The smallest absolute Gasteiger partial charge is 0.410 e. The van der Waals surface area contributed by atoms with Crippen molar-refractivity contribution in [1.82, 2.24) is 19.7 Å². The summed E-state index contributed by atoms with van der Waals surface area (Å²) in [6.45, 7) is 20.5. The first-order chi connectivity index (χ1) is 24.0. The summed E-state index contributed by atoms with van der Waals surface area (Å²) in [4.78, 5) is 53.5. The Morgan fingerprint density at radius 1 is 0.980 bits per heavy atom. The van der Waals surface area contributed by atoms with Gasteiger partial charge in [0, 0.05) is 61.7 Å². The van der Waals surface area contributed by atoms with E-state index in [0.29, 0.717) is 56.3 Å². The molecule has 5 rings (SSSR count). The van der Waals surface area contributed by atoms with E-state index in [1.807, 2.05) is 40.7 Å². The number of hydrogen-bond acceptors (Lipinski definition) is 9. The Morgan fingerprint density at radius 2 is 1.65 bits per heavy atom. The SMILES string of the molecule is CC(C)C(=O)Nc1nc2c(cc1Cc1ccc(F)cc1)N(C(=O)CN1C[C@@H](C)N(C(=O)OC(C)(C)C)C[C@@H]1CN1[C@H](C)COC[C@H]1C)[C@@H](C)CO2. The number of benzene rings is 1. The van der Waals surface area contributed by atoms with Crippen molar-refractivity contribution in [2.75, 3.05) is 56.2 Å². The third-order valence-corrected chi connectivity index (χ3v) is 9.74. The third-order valence-electron chi connectivity index (χ3n) is 9.74. The fraction of sp³-hybridized carbons (Fsp3) is 0.632. The average Bonchev–Trinajstić information content (AvgIpc) is 3.04. The van der Waals surface area contributed by atoms with Gasteiger partial charge in [-0.1, -0.05) is 26.0 Å². The molecule has 280 valence electrons. The number of nitrogens with zero attached hydrogens (tertiary/aromatic N) is 5. The highest BCUT2D eigenvalue weighted by Crippen LogP contribution is 2.37. The number of aromatic nitrogens is 1. The molecule has 3 amide bonds. The van der Waals surface area contributed by atoms with Crippen LogP contribution in [-0.2, 0) is 25.5 Å². The molecule has 5 atom stereocenters. The fourth-order valence-corrected chi connectivity index (χ4v) is 6.96. The second kappa shape index (κ2) is 15.8. The van der Waals surface area contributed by atoms with Crippen molar-refractivity contribution in [3.05, 3.63) is 47.3 Å². The summed E-state index contributed by atoms with van der Waals surface area (Å²) in [6.07, 6.45) is -0.00259. The fourth-order valence-electron chi connectivity index (χ4n) is 6.96. The summed E-state index contributed by atoms with van der Waals surface area (Å²) >= 11 is 0. The monoisotopic (exact) mass is 710 g/mol. The Kier molecular flexibility index (Phi) is 11.9. The van der Waals surface area contributed by atoms with Gasteiger partial charge in [-0.15, -0.1) is 0 Å². The molecule has 0 radical (unpaired) electrons. The third kappa shape index (κ3) is 9.36. The van der Waals surface area contributed by atoms with Crippen molar-refractivity contribution < 1.29 is 33.0 Å². The molecular formula is C38H55FN6O6. The van der Waals surface area contributed by atoms with E-state index < -0.39 is 5.60 Å². The summed E-state index contributed by atoms with van der Waals surface area (Å²) in [7, 11) is 0. The molecule has 2 fully saturated rings. The van der Waals surface area contributed by atoms with Crippen molar-refractivity contribution in [3.8, 4) is 5.88 Å². The summed E-state index contributed by atoms with van der Waals surface area (Å²) < 4.78 is 31.4. The lowest BCUT2D eigenvalue weighted by atomic mass is 10.0. The molecule has 1 aromatic heterocycles. The lowest BCUT2D eigenvalue weighted by Crippen LogP contribution is -2.65. The van der Waals surface area contributed by atoms with Crippen molar-refractivity contribution in [2.45, 2.75) is 105 Å². The van der Waals surface area contributed by atoms with Gasteiger partial charge in [0.05, 0.1) is 25.8 Å². The molecule has 3 aliphatic heterocycles. The van der Waals surface area contributed by atoms with Crippen LogP contribution in [0.15, 0.2) is 30.3 Å². The molecule has 4 heterocycles. The zero-order chi connectivity index (χ0) is 37.2. The molecule has 0 spiro atoms. The van der Waals surface area contributed by atoms with Gasteiger partial charge in [-0.3, -0.25) is 19.4 Å². The first-order valence-corrected chi connectivity index (χ1v) is 18.1.